The first kappa shape index (κ1) is 10.6. The summed E-state index contributed by atoms with van der Waals surface area (Å²) >= 11 is 0. The van der Waals surface area contributed by atoms with Gasteiger partial charge >= 0.3 is 0 Å². The molecule has 2 heteroatoms. The maximum Gasteiger partial charge on any atom is 0.119 e. The fraction of sp³-hybridized carbons (Fsp3) is 0.417. The Kier molecular flexibility index (Phi) is 2.53. The predicted molar refractivity (Wildman–Crippen MR) is 56.3 cm³/mol. The first-order valence-corrected chi connectivity index (χ1v) is 4.61. The van der Waals surface area contributed by atoms with Crippen molar-refractivity contribution in [1.82, 2.24) is 0 Å². The van der Waals surface area contributed by atoms with Gasteiger partial charge in [-0.15, -0.1) is 0 Å². The van der Waals surface area contributed by atoms with Gasteiger partial charge in [-0.3, -0.25) is 0 Å². The van der Waals surface area contributed by atoms with Crippen LogP contribution in [-0.2, 0) is 5.41 Å². The van der Waals surface area contributed by atoms with Crippen LogP contribution >= 0.6 is 0 Å². The normalized spacial score (nSPS) is 11.1. The highest BCUT2D eigenvalue weighted by Gasteiger charge is 2.20. The van der Waals surface area contributed by atoms with Gasteiger partial charge in [0.25, 0.3) is 0 Å². The Morgan fingerprint density at radius 3 is 2.29 bits per heavy atom. The average Bonchev–Trinajstić information content (AvgIpc) is 2.07. The van der Waals surface area contributed by atoms with Crippen molar-refractivity contribution < 1.29 is 5.11 Å². The molecule has 14 heavy (non-hydrogen) atoms. The molecule has 0 unspecified atom stereocenters. The van der Waals surface area contributed by atoms with Gasteiger partial charge in [0.1, 0.15) is 5.75 Å². The maximum absolute atomic E-state index is 9.47. The molecular weight excluding hydrogens is 174 g/mol. The molecule has 0 fully saturated rings. The summed E-state index contributed by atoms with van der Waals surface area (Å²) < 4.78 is 0. The zero-order chi connectivity index (χ0) is 10.9. The molecule has 0 amide bonds. The van der Waals surface area contributed by atoms with E-state index in [1.165, 1.54) is 0 Å². The van der Waals surface area contributed by atoms with Gasteiger partial charge in [0, 0.05) is 5.56 Å². The highest BCUT2D eigenvalue weighted by atomic mass is 16.3. The fourth-order valence-electron chi connectivity index (χ4n) is 1.47. The van der Waals surface area contributed by atoms with E-state index in [1.807, 2.05) is 6.07 Å². The second kappa shape index (κ2) is 3.34. The Morgan fingerprint density at radius 1 is 1.29 bits per heavy atom. The lowest BCUT2D eigenvalue weighted by atomic mass is 9.82. The minimum Gasteiger partial charge on any atom is -0.508 e. The monoisotopic (exact) mass is 189 g/mol. The summed E-state index contributed by atoms with van der Waals surface area (Å²) in [7, 11) is 0. The standard InChI is InChI=1S/C12H15NO/c1-8-9(7-13)10(12(2,3)4)5-6-11(8)14/h5-6,14H,1-4H3. The van der Waals surface area contributed by atoms with Gasteiger partial charge in [-0.05, 0) is 24.0 Å². The van der Waals surface area contributed by atoms with Gasteiger partial charge in [0.05, 0.1) is 11.6 Å². The molecule has 2 nitrogen and oxygen atoms in total. The van der Waals surface area contributed by atoms with Crippen LogP contribution in [0.3, 0.4) is 0 Å². The average molecular weight is 189 g/mol. The number of phenolic OH excluding ortho intramolecular Hbond substituents is 1. The molecule has 0 saturated heterocycles. The van der Waals surface area contributed by atoms with Crippen LogP contribution in [0.25, 0.3) is 0 Å². The minimum atomic E-state index is -0.0659. The van der Waals surface area contributed by atoms with Crippen LogP contribution in [-0.4, -0.2) is 5.11 Å². The molecular formula is C12H15NO. The molecule has 0 aliphatic carbocycles. The van der Waals surface area contributed by atoms with Gasteiger partial charge in [-0.25, -0.2) is 0 Å². The van der Waals surface area contributed by atoms with E-state index < -0.39 is 0 Å². The second-order valence-electron chi connectivity index (χ2n) is 4.49. The Hall–Kier alpha value is -1.49. The summed E-state index contributed by atoms with van der Waals surface area (Å²) in [4.78, 5) is 0. The molecule has 0 radical (unpaired) electrons. The van der Waals surface area contributed by atoms with Crippen LogP contribution in [0.15, 0.2) is 12.1 Å². The topological polar surface area (TPSA) is 44.0 Å². The molecule has 0 atom stereocenters. The van der Waals surface area contributed by atoms with E-state index in [-0.39, 0.29) is 11.2 Å². The van der Waals surface area contributed by atoms with E-state index in [0.717, 1.165) is 5.56 Å². The molecule has 0 aliphatic heterocycles. The van der Waals surface area contributed by atoms with E-state index >= 15 is 0 Å². The third kappa shape index (κ3) is 1.72. The SMILES string of the molecule is Cc1c(O)ccc(C(C)(C)C)c1C#N. The highest BCUT2D eigenvalue weighted by molar-refractivity contribution is 5.52. The summed E-state index contributed by atoms with van der Waals surface area (Å²) in [5.41, 5.74) is 2.18. The van der Waals surface area contributed by atoms with Crippen molar-refractivity contribution in [3.05, 3.63) is 28.8 Å². The largest absolute Gasteiger partial charge is 0.508 e. The van der Waals surface area contributed by atoms with Crippen LogP contribution in [0, 0.1) is 18.3 Å². The maximum atomic E-state index is 9.47. The molecule has 1 aromatic rings. The van der Waals surface area contributed by atoms with Crippen molar-refractivity contribution in [3.63, 3.8) is 0 Å². The Bertz CT molecular complexity index is 394. The van der Waals surface area contributed by atoms with Gasteiger partial charge in [0.2, 0.25) is 0 Å². The first-order valence-electron chi connectivity index (χ1n) is 4.61. The number of aromatic hydroxyl groups is 1. The zero-order valence-corrected chi connectivity index (χ0v) is 9.05. The molecule has 0 bridgehead atoms. The lowest BCUT2D eigenvalue weighted by Gasteiger charge is -2.21. The van der Waals surface area contributed by atoms with Crippen LogP contribution in [0.5, 0.6) is 5.75 Å². The number of rotatable bonds is 0. The third-order valence-electron chi connectivity index (χ3n) is 2.36. The molecule has 0 heterocycles. The molecule has 74 valence electrons. The molecule has 1 N–H and O–H groups in total. The lowest BCUT2D eigenvalue weighted by Crippen LogP contribution is -2.13. The van der Waals surface area contributed by atoms with Gasteiger partial charge in [-0.1, -0.05) is 26.8 Å². The van der Waals surface area contributed by atoms with E-state index in [4.69, 9.17) is 5.26 Å². The summed E-state index contributed by atoms with van der Waals surface area (Å²) in [6, 6.07) is 5.62. The second-order valence-corrected chi connectivity index (χ2v) is 4.49. The third-order valence-corrected chi connectivity index (χ3v) is 2.36. The lowest BCUT2D eigenvalue weighted by molar-refractivity contribution is 0.469. The first-order chi connectivity index (χ1) is 6.38. The molecule has 1 rings (SSSR count). The number of nitrogens with zero attached hydrogens (tertiary/aromatic N) is 1. The van der Waals surface area contributed by atoms with E-state index in [2.05, 4.69) is 26.8 Å². The van der Waals surface area contributed by atoms with Gasteiger partial charge < -0.3 is 5.11 Å². The van der Waals surface area contributed by atoms with Crippen molar-refractivity contribution in [2.75, 3.05) is 0 Å². The van der Waals surface area contributed by atoms with Crippen molar-refractivity contribution in [3.8, 4) is 11.8 Å². The zero-order valence-electron chi connectivity index (χ0n) is 9.05. The van der Waals surface area contributed by atoms with E-state index in [9.17, 15) is 5.11 Å². The van der Waals surface area contributed by atoms with Crippen molar-refractivity contribution >= 4 is 0 Å². The smallest absolute Gasteiger partial charge is 0.119 e. The predicted octanol–water partition coefficient (Wildman–Crippen LogP) is 2.87. The summed E-state index contributed by atoms with van der Waals surface area (Å²) in [5, 5.41) is 18.5. The van der Waals surface area contributed by atoms with Crippen molar-refractivity contribution in [1.29, 1.82) is 5.26 Å². The van der Waals surface area contributed by atoms with Crippen LogP contribution < -0.4 is 0 Å². The number of phenols is 1. The number of hydrogen-bond acceptors (Lipinski definition) is 2. The Morgan fingerprint density at radius 2 is 1.86 bits per heavy atom. The van der Waals surface area contributed by atoms with Crippen LogP contribution in [0.1, 0.15) is 37.5 Å². The van der Waals surface area contributed by atoms with Crippen LogP contribution in [0.2, 0.25) is 0 Å². The van der Waals surface area contributed by atoms with Crippen molar-refractivity contribution in [2.45, 2.75) is 33.1 Å². The summed E-state index contributed by atoms with van der Waals surface area (Å²) in [6.07, 6.45) is 0. The quantitative estimate of drug-likeness (QED) is 0.682. The summed E-state index contributed by atoms with van der Waals surface area (Å²) in [5.74, 6) is 0.189. The van der Waals surface area contributed by atoms with Gasteiger partial charge in [0.15, 0.2) is 0 Å². The molecule has 0 saturated carbocycles. The molecule has 0 spiro atoms. The van der Waals surface area contributed by atoms with Crippen molar-refractivity contribution in [2.24, 2.45) is 0 Å². The number of benzene rings is 1. The van der Waals surface area contributed by atoms with E-state index in [0.29, 0.717) is 11.1 Å². The number of nitriles is 1. The fourth-order valence-corrected chi connectivity index (χ4v) is 1.47. The molecule has 1 aromatic carbocycles. The summed E-state index contributed by atoms with van der Waals surface area (Å²) in [6.45, 7) is 7.93. The Balaban J connectivity index is 3.49. The molecule has 0 aliphatic rings. The van der Waals surface area contributed by atoms with E-state index in [1.54, 1.807) is 13.0 Å². The number of hydrogen-bond donors (Lipinski definition) is 1. The molecule has 0 aromatic heterocycles. The minimum absolute atomic E-state index is 0.0659. The van der Waals surface area contributed by atoms with Gasteiger partial charge in [-0.2, -0.15) is 5.26 Å². The van der Waals surface area contributed by atoms with Crippen LogP contribution in [0.4, 0.5) is 0 Å². The highest BCUT2D eigenvalue weighted by Crippen LogP contribution is 2.31. The Labute approximate surface area is 84.8 Å².